The van der Waals surface area contributed by atoms with Gasteiger partial charge in [0, 0.05) is 17.3 Å². The first-order valence-electron chi connectivity index (χ1n) is 8.67. The van der Waals surface area contributed by atoms with E-state index in [4.69, 9.17) is 14.6 Å². The molecule has 1 N–H and O–H groups in total. The summed E-state index contributed by atoms with van der Waals surface area (Å²) in [5.74, 6) is 0.253. The number of hydrogen-bond donors (Lipinski definition) is 1. The molecule has 0 radical (unpaired) electrons. The number of hydrogen-bond acceptors (Lipinski definition) is 5. The van der Waals surface area contributed by atoms with Gasteiger partial charge in [0.1, 0.15) is 17.1 Å². The molecule has 0 saturated carbocycles. The Morgan fingerprint density at radius 2 is 1.96 bits per heavy atom. The number of aromatic nitrogens is 2. The van der Waals surface area contributed by atoms with Gasteiger partial charge in [0.05, 0.1) is 25.5 Å². The summed E-state index contributed by atoms with van der Waals surface area (Å²) >= 11 is 0. The van der Waals surface area contributed by atoms with E-state index >= 15 is 0 Å². The first kappa shape index (κ1) is 19.2. The Morgan fingerprint density at radius 3 is 2.61 bits per heavy atom. The van der Waals surface area contributed by atoms with Gasteiger partial charge in [-0.1, -0.05) is 6.92 Å². The van der Waals surface area contributed by atoms with E-state index in [1.807, 2.05) is 19.1 Å². The Morgan fingerprint density at radius 1 is 1.18 bits per heavy atom. The van der Waals surface area contributed by atoms with Crippen molar-refractivity contribution in [1.29, 1.82) is 0 Å². The van der Waals surface area contributed by atoms with Crippen molar-refractivity contribution in [3.05, 3.63) is 69.3 Å². The molecule has 28 heavy (non-hydrogen) atoms. The van der Waals surface area contributed by atoms with E-state index in [0.717, 1.165) is 5.56 Å². The number of rotatable bonds is 6. The van der Waals surface area contributed by atoms with Gasteiger partial charge < -0.3 is 14.6 Å². The highest BCUT2D eigenvalue weighted by atomic mass is 16.5. The van der Waals surface area contributed by atoms with E-state index in [-0.39, 0.29) is 11.1 Å². The first-order valence-corrected chi connectivity index (χ1v) is 8.67. The van der Waals surface area contributed by atoms with E-state index in [2.05, 4.69) is 4.98 Å². The fourth-order valence-corrected chi connectivity index (χ4v) is 2.93. The van der Waals surface area contributed by atoms with Crippen molar-refractivity contribution in [3.8, 4) is 11.5 Å². The van der Waals surface area contributed by atoms with Crippen molar-refractivity contribution >= 4 is 23.8 Å². The van der Waals surface area contributed by atoms with E-state index in [9.17, 15) is 9.59 Å². The smallest absolute Gasteiger partial charge is 0.337 e. The number of ether oxygens (including phenoxy) is 2. The van der Waals surface area contributed by atoms with E-state index in [1.54, 1.807) is 32.4 Å². The minimum Gasteiger partial charge on any atom is -0.497 e. The SMILES string of the molecule is CCc1c(/C=C/c2cc(OC)ccc2OC)nc2ccc(C(=O)O)cn2c1=O. The molecule has 7 nitrogen and oxygen atoms in total. The van der Waals surface area contributed by atoms with Gasteiger partial charge in [0.25, 0.3) is 5.56 Å². The van der Waals surface area contributed by atoms with E-state index < -0.39 is 5.97 Å². The molecule has 0 unspecified atom stereocenters. The van der Waals surface area contributed by atoms with Gasteiger partial charge in [-0.15, -0.1) is 0 Å². The first-order chi connectivity index (χ1) is 13.5. The van der Waals surface area contributed by atoms with Gasteiger partial charge in [0.2, 0.25) is 0 Å². The lowest BCUT2D eigenvalue weighted by molar-refractivity contribution is 0.0696. The predicted octanol–water partition coefficient (Wildman–Crippen LogP) is 3.14. The maximum atomic E-state index is 12.8. The van der Waals surface area contributed by atoms with E-state index in [1.165, 1.54) is 22.7 Å². The quantitative estimate of drug-likeness (QED) is 0.707. The van der Waals surface area contributed by atoms with Crippen LogP contribution in [0.15, 0.2) is 41.3 Å². The number of methoxy groups -OCH3 is 2. The van der Waals surface area contributed by atoms with Crippen LogP contribution in [-0.2, 0) is 6.42 Å². The molecule has 0 saturated heterocycles. The van der Waals surface area contributed by atoms with Gasteiger partial charge in [-0.3, -0.25) is 9.20 Å². The number of fused-ring (bicyclic) bond motifs is 1. The standard InChI is InChI=1S/C21H20N2O5/c1-4-16-17(8-5-13-11-15(27-2)7-9-18(13)28-3)22-19-10-6-14(21(25)26)12-23(19)20(16)24/h5-12H,4H2,1-3H3,(H,25,26)/b8-5+. The van der Waals surface area contributed by atoms with Crippen molar-refractivity contribution in [1.82, 2.24) is 9.38 Å². The Hall–Kier alpha value is -3.61. The number of carboxylic acid groups (broad SMARTS) is 1. The second-order valence-corrected chi connectivity index (χ2v) is 6.03. The summed E-state index contributed by atoms with van der Waals surface area (Å²) in [6, 6.07) is 8.37. The van der Waals surface area contributed by atoms with Crippen LogP contribution in [0.1, 0.15) is 34.1 Å². The molecule has 0 aliphatic carbocycles. The Balaban J connectivity index is 2.13. The summed E-state index contributed by atoms with van der Waals surface area (Å²) in [5.41, 5.74) is 1.94. The molecule has 0 atom stereocenters. The van der Waals surface area contributed by atoms with Gasteiger partial charge >= 0.3 is 5.97 Å². The summed E-state index contributed by atoms with van der Waals surface area (Å²) in [5, 5.41) is 9.15. The summed E-state index contributed by atoms with van der Waals surface area (Å²) in [6.45, 7) is 1.86. The van der Waals surface area contributed by atoms with Crippen LogP contribution < -0.4 is 15.0 Å². The average Bonchev–Trinajstić information content (AvgIpc) is 2.71. The molecule has 0 amide bonds. The third-order valence-corrected chi connectivity index (χ3v) is 4.41. The summed E-state index contributed by atoms with van der Waals surface area (Å²) in [4.78, 5) is 28.6. The summed E-state index contributed by atoms with van der Waals surface area (Å²) < 4.78 is 11.9. The maximum absolute atomic E-state index is 12.8. The van der Waals surface area contributed by atoms with Gasteiger partial charge in [0.15, 0.2) is 0 Å². The predicted molar refractivity (Wildman–Crippen MR) is 106 cm³/mol. The van der Waals surface area contributed by atoms with Crippen molar-refractivity contribution in [2.24, 2.45) is 0 Å². The Bertz CT molecular complexity index is 1130. The monoisotopic (exact) mass is 380 g/mol. The van der Waals surface area contributed by atoms with Crippen LogP contribution in [0.25, 0.3) is 17.8 Å². The lowest BCUT2D eigenvalue weighted by atomic mass is 10.1. The van der Waals surface area contributed by atoms with Crippen LogP contribution in [0, 0.1) is 0 Å². The Labute approximate surface area is 161 Å². The number of carboxylic acids is 1. The van der Waals surface area contributed by atoms with Gasteiger partial charge in [-0.2, -0.15) is 0 Å². The zero-order chi connectivity index (χ0) is 20.3. The molecule has 7 heteroatoms. The molecular weight excluding hydrogens is 360 g/mol. The van der Waals surface area contributed by atoms with Crippen molar-refractivity contribution in [3.63, 3.8) is 0 Å². The number of nitrogens with zero attached hydrogens (tertiary/aromatic N) is 2. The van der Waals surface area contributed by atoms with Crippen LogP contribution >= 0.6 is 0 Å². The number of carbonyl (C=O) groups is 1. The lowest BCUT2D eigenvalue weighted by Gasteiger charge is -2.09. The highest BCUT2D eigenvalue weighted by Gasteiger charge is 2.12. The van der Waals surface area contributed by atoms with E-state index in [0.29, 0.717) is 34.8 Å². The summed E-state index contributed by atoms with van der Waals surface area (Å²) in [7, 11) is 3.17. The maximum Gasteiger partial charge on any atom is 0.337 e. The molecule has 3 rings (SSSR count). The van der Waals surface area contributed by atoms with Crippen molar-refractivity contribution < 1.29 is 19.4 Å². The molecule has 0 aliphatic rings. The molecule has 0 spiro atoms. The molecule has 144 valence electrons. The second kappa shape index (κ2) is 7.96. The van der Waals surface area contributed by atoms with Crippen molar-refractivity contribution in [2.45, 2.75) is 13.3 Å². The molecule has 2 aromatic heterocycles. The molecule has 0 fully saturated rings. The molecule has 0 aliphatic heterocycles. The minimum atomic E-state index is -1.10. The number of pyridine rings is 1. The minimum absolute atomic E-state index is 0.0304. The topological polar surface area (TPSA) is 90.1 Å². The van der Waals surface area contributed by atoms with Gasteiger partial charge in [-0.25, -0.2) is 9.78 Å². The Kier molecular flexibility index (Phi) is 5.44. The summed E-state index contributed by atoms with van der Waals surface area (Å²) in [6.07, 6.45) is 5.32. The molecular formula is C21H20N2O5. The fraction of sp³-hybridized carbons (Fsp3) is 0.190. The number of benzene rings is 1. The van der Waals surface area contributed by atoms with Crippen molar-refractivity contribution in [2.75, 3.05) is 14.2 Å². The lowest BCUT2D eigenvalue weighted by Crippen LogP contribution is -2.22. The highest BCUT2D eigenvalue weighted by Crippen LogP contribution is 2.26. The molecule has 0 bridgehead atoms. The largest absolute Gasteiger partial charge is 0.497 e. The fourth-order valence-electron chi connectivity index (χ4n) is 2.93. The van der Waals surface area contributed by atoms with Crippen LogP contribution in [0.3, 0.4) is 0 Å². The number of aromatic carboxylic acids is 1. The third kappa shape index (κ3) is 3.59. The van der Waals surface area contributed by atoms with Crippen LogP contribution in [-0.4, -0.2) is 34.7 Å². The van der Waals surface area contributed by atoms with Gasteiger partial charge in [-0.05, 0) is 48.9 Å². The van der Waals surface area contributed by atoms with Crippen LogP contribution in [0.4, 0.5) is 0 Å². The third-order valence-electron chi connectivity index (χ3n) is 4.41. The molecule has 1 aromatic carbocycles. The zero-order valence-electron chi connectivity index (χ0n) is 15.8. The van der Waals surface area contributed by atoms with Crippen LogP contribution in [0.2, 0.25) is 0 Å². The average molecular weight is 380 g/mol. The normalized spacial score (nSPS) is 11.1. The zero-order valence-corrected chi connectivity index (χ0v) is 15.8. The highest BCUT2D eigenvalue weighted by molar-refractivity contribution is 5.87. The molecule has 2 heterocycles. The van der Waals surface area contributed by atoms with Crippen LogP contribution in [0.5, 0.6) is 11.5 Å². The molecule has 3 aromatic rings. The second-order valence-electron chi connectivity index (χ2n) is 6.03.